The predicted molar refractivity (Wildman–Crippen MR) is 114 cm³/mol. The van der Waals surface area contributed by atoms with Crippen molar-refractivity contribution in [3.63, 3.8) is 0 Å². The van der Waals surface area contributed by atoms with Crippen molar-refractivity contribution in [3.05, 3.63) is 60.2 Å². The van der Waals surface area contributed by atoms with E-state index in [2.05, 4.69) is 66.2 Å². The van der Waals surface area contributed by atoms with Crippen LogP contribution in [0.2, 0.25) is 0 Å². The van der Waals surface area contributed by atoms with Crippen LogP contribution in [-0.2, 0) is 7.05 Å². The molecule has 1 aliphatic rings. The van der Waals surface area contributed by atoms with Crippen LogP contribution in [0.5, 0.6) is 0 Å². The Labute approximate surface area is 158 Å². The fourth-order valence-electron chi connectivity index (χ4n) is 5.27. The third-order valence-electron chi connectivity index (χ3n) is 6.61. The zero-order chi connectivity index (χ0) is 18.0. The Kier molecular flexibility index (Phi) is 3.19. The summed E-state index contributed by atoms with van der Waals surface area (Å²) in [7, 11) is 2.15. The van der Waals surface area contributed by atoms with Crippen LogP contribution < -0.4 is 0 Å². The summed E-state index contributed by atoms with van der Waals surface area (Å²) in [6, 6.07) is 19.9. The molecule has 1 aliphatic carbocycles. The number of rotatable bonds is 1. The second-order valence-electron chi connectivity index (χ2n) is 8.08. The summed E-state index contributed by atoms with van der Waals surface area (Å²) in [5.41, 5.74) is 6.02. The van der Waals surface area contributed by atoms with Gasteiger partial charge in [0.2, 0.25) is 0 Å². The molecule has 1 saturated carbocycles. The lowest BCUT2D eigenvalue weighted by molar-refractivity contribution is 0.442. The summed E-state index contributed by atoms with van der Waals surface area (Å²) < 4.78 is 8.93. The maximum Gasteiger partial charge on any atom is 0.159 e. The van der Waals surface area contributed by atoms with Crippen LogP contribution in [0, 0.1) is 0 Å². The van der Waals surface area contributed by atoms with E-state index in [0.29, 0.717) is 5.92 Å². The van der Waals surface area contributed by atoms with Crippen molar-refractivity contribution in [3.8, 4) is 0 Å². The third kappa shape index (κ3) is 2.07. The van der Waals surface area contributed by atoms with Crippen LogP contribution in [-0.4, -0.2) is 4.57 Å². The number of hydrogen-bond donors (Lipinski definition) is 0. The Morgan fingerprint density at radius 2 is 1.48 bits per heavy atom. The van der Waals surface area contributed by atoms with E-state index in [-0.39, 0.29) is 0 Å². The van der Waals surface area contributed by atoms with Crippen LogP contribution >= 0.6 is 0 Å². The van der Waals surface area contributed by atoms with E-state index < -0.39 is 0 Å². The minimum atomic E-state index is 0.644. The Hall–Kier alpha value is -2.74. The average Bonchev–Trinajstić information content (AvgIpc) is 3.25. The number of para-hydroxylation sites is 2. The van der Waals surface area contributed by atoms with E-state index in [4.69, 9.17) is 4.42 Å². The standard InChI is InChI=1S/C25H23NO/c1-26-22-13-6-5-10-18(22)19-14-15-21-20-12-7-11-17(16-8-3-2-4-9-16)24(20)27-25(21)23(19)26/h5-7,10-16H,2-4,8-9H2,1H3. The smallest absolute Gasteiger partial charge is 0.159 e. The van der Waals surface area contributed by atoms with Gasteiger partial charge in [-0.3, -0.25) is 0 Å². The average molecular weight is 353 g/mol. The summed E-state index contributed by atoms with van der Waals surface area (Å²) in [5, 5.41) is 5.07. The van der Waals surface area contributed by atoms with Gasteiger partial charge in [0, 0.05) is 34.1 Å². The van der Waals surface area contributed by atoms with E-state index in [1.165, 1.54) is 70.2 Å². The first kappa shape index (κ1) is 15.3. The molecule has 6 rings (SSSR count). The normalized spacial score (nSPS) is 16.2. The van der Waals surface area contributed by atoms with Gasteiger partial charge >= 0.3 is 0 Å². The molecule has 2 heterocycles. The monoisotopic (exact) mass is 353 g/mol. The van der Waals surface area contributed by atoms with Gasteiger partial charge in [-0.05, 0) is 36.5 Å². The summed E-state index contributed by atoms with van der Waals surface area (Å²) in [6.07, 6.45) is 6.64. The molecule has 0 bridgehead atoms. The zero-order valence-corrected chi connectivity index (χ0v) is 15.7. The largest absolute Gasteiger partial charge is 0.454 e. The van der Waals surface area contributed by atoms with Gasteiger partial charge in [-0.15, -0.1) is 0 Å². The third-order valence-corrected chi connectivity index (χ3v) is 6.61. The molecule has 134 valence electrons. The highest BCUT2D eigenvalue weighted by Gasteiger charge is 2.22. The second-order valence-corrected chi connectivity index (χ2v) is 8.08. The molecule has 0 amide bonds. The molecular formula is C25H23NO. The lowest BCUT2D eigenvalue weighted by Gasteiger charge is -2.21. The van der Waals surface area contributed by atoms with Gasteiger partial charge < -0.3 is 8.98 Å². The molecule has 0 saturated heterocycles. The Balaban J connectivity index is 1.72. The van der Waals surface area contributed by atoms with Crippen LogP contribution in [0.1, 0.15) is 43.6 Å². The van der Waals surface area contributed by atoms with Gasteiger partial charge in [-0.25, -0.2) is 0 Å². The molecule has 0 spiro atoms. The van der Waals surface area contributed by atoms with E-state index in [0.717, 1.165) is 11.2 Å². The summed E-state index contributed by atoms with van der Waals surface area (Å²) in [6.45, 7) is 0. The van der Waals surface area contributed by atoms with Gasteiger partial charge in [0.1, 0.15) is 5.58 Å². The number of aromatic nitrogens is 1. The van der Waals surface area contributed by atoms with E-state index in [1.807, 2.05) is 0 Å². The first-order valence-corrected chi connectivity index (χ1v) is 10.1. The molecule has 3 aromatic carbocycles. The van der Waals surface area contributed by atoms with E-state index >= 15 is 0 Å². The fraction of sp³-hybridized carbons (Fsp3) is 0.280. The minimum Gasteiger partial charge on any atom is -0.454 e. The fourth-order valence-corrected chi connectivity index (χ4v) is 5.27. The van der Waals surface area contributed by atoms with Crippen LogP contribution in [0.15, 0.2) is 59.0 Å². The number of benzene rings is 3. The molecule has 27 heavy (non-hydrogen) atoms. The molecule has 2 heteroatoms. The summed E-state index contributed by atoms with van der Waals surface area (Å²) in [4.78, 5) is 0. The van der Waals surface area contributed by atoms with Crippen LogP contribution in [0.25, 0.3) is 43.7 Å². The lowest BCUT2D eigenvalue weighted by Crippen LogP contribution is -2.04. The number of nitrogens with zero attached hydrogens (tertiary/aromatic N) is 1. The highest BCUT2D eigenvalue weighted by molar-refractivity contribution is 6.20. The van der Waals surface area contributed by atoms with Crippen molar-refractivity contribution < 1.29 is 4.42 Å². The van der Waals surface area contributed by atoms with Crippen molar-refractivity contribution in [2.24, 2.45) is 7.05 Å². The quantitative estimate of drug-likeness (QED) is 0.310. The Morgan fingerprint density at radius 1 is 0.741 bits per heavy atom. The SMILES string of the molecule is Cn1c2ccccc2c2ccc3c4cccc(C5CCCCC5)c4oc3c21. The van der Waals surface area contributed by atoms with Crippen LogP contribution in [0.4, 0.5) is 0 Å². The van der Waals surface area contributed by atoms with Gasteiger partial charge in [-0.2, -0.15) is 0 Å². The molecular weight excluding hydrogens is 330 g/mol. The van der Waals surface area contributed by atoms with E-state index in [9.17, 15) is 0 Å². The predicted octanol–water partition coefficient (Wildman–Crippen LogP) is 7.28. The maximum absolute atomic E-state index is 6.64. The highest BCUT2D eigenvalue weighted by Crippen LogP contribution is 2.42. The molecule has 1 fully saturated rings. The summed E-state index contributed by atoms with van der Waals surface area (Å²) >= 11 is 0. The van der Waals surface area contributed by atoms with Crippen molar-refractivity contribution in [1.82, 2.24) is 4.57 Å². The first-order valence-electron chi connectivity index (χ1n) is 10.1. The molecule has 0 unspecified atom stereocenters. The second kappa shape index (κ2) is 5.63. The lowest BCUT2D eigenvalue weighted by atomic mass is 9.83. The zero-order valence-electron chi connectivity index (χ0n) is 15.7. The first-order chi connectivity index (χ1) is 13.3. The van der Waals surface area contributed by atoms with Gasteiger partial charge in [0.05, 0.1) is 5.52 Å². The van der Waals surface area contributed by atoms with Crippen molar-refractivity contribution in [1.29, 1.82) is 0 Å². The Morgan fingerprint density at radius 3 is 2.37 bits per heavy atom. The van der Waals surface area contributed by atoms with Crippen molar-refractivity contribution in [2.75, 3.05) is 0 Å². The molecule has 0 N–H and O–H groups in total. The summed E-state index contributed by atoms with van der Waals surface area (Å²) in [5.74, 6) is 0.644. The molecule has 5 aromatic rings. The topological polar surface area (TPSA) is 18.1 Å². The van der Waals surface area contributed by atoms with Gasteiger partial charge in [0.15, 0.2) is 5.58 Å². The number of furan rings is 1. The number of aryl methyl sites for hydroxylation is 1. The molecule has 0 aliphatic heterocycles. The number of hydrogen-bond acceptors (Lipinski definition) is 1. The maximum atomic E-state index is 6.64. The number of fused-ring (bicyclic) bond motifs is 7. The molecule has 0 atom stereocenters. The molecule has 2 nitrogen and oxygen atoms in total. The van der Waals surface area contributed by atoms with Crippen molar-refractivity contribution in [2.45, 2.75) is 38.0 Å². The molecule has 2 aromatic heterocycles. The van der Waals surface area contributed by atoms with Crippen LogP contribution in [0.3, 0.4) is 0 Å². The van der Waals surface area contributed by atoms with Crippen molar-refractivity contribution >= 4 is 43.7 Å². The van der Waals surface area contributed by atoms with Gasteiger partial charge in [0.25, 0.3) is 0 Å². The molecule has 0 radical (unpaired) electrons. The Bertz CT molecular complexity index is 1310. The minimum absolute atomic E-state index is 0.644. The highest BCUT2D eigenvalue weighted by atomic mass is 16.3. The van der Waals surface area contributed by atoms with Gasteiger partial charge in [-0.1, -0.05) is 61.7 Å². The van der Waals surface area contributed by atoms with E-state index in [1.54, 1.807) is 0 Å².